The van der Waals surface area contributed by atoms with Crippen molar-refractivity contribution in [1.82, 2.24) is 9.80 Å². The van der Waals surface area contributed by atoms with Crippen LogP contribution in [0.2, 0.25) is 0 Å². The van der Waals surface area contributed by atoms with Gasteiger partial charge in [0.05, 0.1) is 11.5 Å². The normalized spacial score (nSPS) is 18.8. The Morgan fingerprint density at radius 1 is 1.24 bits per heavy atom. The molecule has 6 nitrogen and oxygen atoms in total. The van der Waals surface area contributed by atoms with Crippen molar-refractivity contribution in [2.24, 2.45) is 0 Å². The average molecular weight is 370 g/mol. The standard InChI is InChI=1S/C17H23FN2O4S/c1-13(21)20(11-14-3-5-15(18)6-4-14)9-7-17(22)19(2)16-8-10-25(23,24)12-16/h3-6,16H,7-12H2,1-2H3. The zero-order valence-corrected chi connectivity index (χ0v) is 15.3. The fourth-order valence-electron chi connectivity index (χ4n) is 2.85. The second-order valence-electron chi connectivity index (χ2n) is 6.38. The minimum absolute atomic E-state index is 0.00123. The van der Waals surface area contributed by atoms with Crippen LogP contribution < -0.4 is 0 Å². The van der Waals surface area contributed by atoms with Gasteiger partial charge in [0, 0.05) is 39.5 Å². The van der Waals surface area contributed by atoms with Crippen molar-refractivity contribution < 1.29 is 22.4 Å². The summed E-state index contributed by atoms with van der Waals surface area (Å²) in [6.07, 6.45) is 0.574. The van der Waals surface area contributed by atoms with Gasteiger partial charge in [-0.3, -0.25) is 9.59 Å². The fraction of sp³-hybridized carbons (Fsp3) is 0.529. The summed E-state index contributed by atoms with van der Waals surface area (Å²) in [4.78, 5) is 27.1. The van der Waals surface area contributed by atoms with Crippen LogP contribution in [0, 0.1) is 5.82 Å². The molecule has 1 fully saturated rings. The molecule has 25 heavy (non-hydrogen) atoms. The lowest BCUT2D eigenvalue weighted by Gasteiger charge is -2.26. The molecule has 0 radical (unpaired) electrons. The average Bonchev–Trinajstić information content (AvgIpc) is 2.91. The van der Waals surface area contributed by atoms with Crippen molar-refractivity contribution in [1.29, 1.82) is 0 Å². The van der Waals surface area contributed by atoms with E-state index in [4.69, 9.17) is 0 Å². The molecule has 0 saturated carbocycles. The van der Waals surface area contributed by atoms with E-state index in [0.717, 1.165) is 5.56 Å². The first-order valence-electron chi connectivity index (χ1n) is 8.14. The molecule has 1 aliphatic rings. The molecule has 8 heteroatoms. The van der Waals surface area contributed by atoms with Crippen molar-refractivity contribution >= 4 is 21.7 Å². The maximum atomic E-state index is 13.0. The molecule has 1 unspecified atom stereocenters. The van der Waals surface area contributed by atoms with E-state index in [-0.39, 0.29) is 48.1 Å². The highest BCUT2D eigenvalue weighted by Gasteiger charge is 2.32. The molecule has 1 aromatic carbocycles. The van der Waals surface area contributed by atoms with E-state index < -0.39 is 9.84 Å². The highest BCUT2D eigenvalue weighted by atomic mass is 32.2. The Balaban J connectivity index is 1.90. The highest BCUT2D eigenvalue weighted by Crippen LogP contribution is 2.17. The van der Waals surface area contributed by atoms with Crippen LogP contribution in [0.4, 0.5) is 4.39 Å². The summed E-state index contributed by atoms with van der Waals surface area (Å²) < 4.78 is 36.0. The summed E-state index contributed by atoms with van der Waals surface area (Å²) >= 11 is 0. The topological polar surface area (TPSA) is 74.8 Å². The number of amides is 2. The van der Waals surface area contributed by atoms with Crippen molar-refractivity contribution in [3.63, 3.8) is 0 Å². The molecule has 1 atom stereocenters. The van der Waals surface area contributed by atoms with E-state index >= 15 is 0 Å². The summed E-state index contributed by atoms with van der Waals surface area (Å²) in [5, 5.41) is 0. The number of nitrogens with zero attached hydrogens (tertiary/aromatic N) is 2. The third-order valence-corrected chi connectivity index (χ3v) is 6.23. The number of hydrogen-bond donors (Lipinski definition) is 0. The third kappa shape index (κ3) is 5.52. The van der Waals surface area contributed by atoms with Gasteiger partial charge < -0.3 is 9.80 Å². The lowest BCUT2D eigenvalue weighted by Crippen LogP contribution is -2.40. The van der Waals surface area contributed by atoms with Crippen LogP contribution in [-0.2, 0) is 26.0 Å². The SMILES string of the molecule is CC(=O)N(CCC(=O)N(C)C1CCS(=O)(=O)C1)Cc1ccc(F)cc1. The first-order chi connectivity index (χ1) is 11.7. The van der Waals surface area contributed by atoms with Crippen LogP contribution in [-0.4, -0.2) is 61.2 Å². The van der Waals surface area contributed by atoms with E-state index in [1.165, 1.54) is 28.9 Å². The maximum absolute atomic E-state index is 13.0. The molecule has 2 rings (SSSR count). The Morgan fingerprint density at radius 3 is 2.40 bits per heavy atom. The quantitative estimate of drug-likeness (QED) is 0.754. The molecule has 1 aliphatic heterocycles. The van der Waals surface area contributed by atoms with Crippen LogP contribution in [0.3, 0.4) is 0 Å². The number of rotatable bonds is 6. The van der Waals surface area contributed by atoms with Crippen LogP contribution in [0.15, 0.2) is 24.3 Å². The Hall–Kier alpha value is -1.96. The Kier molecular flexibility index (Phi) is 6.16. The first kappa shape index (κ1) is 19.4. The lowest BCUT2D eigenvalue weighted by atomic mass is 10.2. The molecule has 0 aliphatic carbocycles. The summed E-state index contributed by atoms with van der Waals surface area (Å²) in [6.45, 7) is 1.95. The summed E-state index contributed by atoms with van der Waals surface area (Å²) in [5.41, 5.74) is 0.777. The minimum Gasteiger partial charge on any atom is -0.342 e. The van der Waals surface area contributed by atoms with E-state index in [9.17, 15) is 22.4 Å². The van der Waals surface area contributed by atoms with Gasteiger partial charge in [-0.05, 0) is 24.1 Å². The molecule has 138 valence electrons. The van der Waals surface area contributed by atoms with Gasteiger partial charge in [-0.25, -0.2) is 12.8 Å². The smallest absolute Gasteiger partial charge is 0.224 e. The number of hydrogen-bond acceptors (Lipinski definition) is 4. The monoisotopic (exact) mass is 370 g/mol. The van der Waals surface area contributed by atoms with Crippen molar-refractivity contribution in [2.45, 2.75) is 32.4 Å². The van der Waals surface area contributed by atoms with E-state index in [1.54, 1.807) is 19.2 Å². The Labute approximate surface area is 147 Å². The van der Waals surface area contributed by atoms with Gasteiger partial charge in [0.25, 0.3) is 0 Å². The number of benzene rings is 1. The Morgan fingerprint density at radius 2 is 1.88 bits per heavy atom. The zero-order valence-electron chi connectivity index (χ0n) is 14.4. The molecular weight excluding hydrogens is 347 g/mol. The largest absolute Gasteiger partial charge is 0.342 e. The summed E-state index contributed by atoms with van der Waals surface area (Å²) in [6, 6.07) is 5.56. The number of sulfone groups is 1. The van der Waals surface area contributed by atoms with Crippen molar-refractivity contribution in [2.75, 3.05) is 25.1 Å². The summed E-state index contributed by atoms with van der Waals surface area (Å²) in [5.74, 6) is -0.599. The first-order valence-corrected chi connectivity index (χ1v) is 9.96. The maximum Gasteiger partial charge on any atom is 0.224 e. The molecular formula is C17H23FN2O4S. The van der Waals surface area contributed by atoms with Crippen LogP contribution in [0.1, 0.15) is 25.3 Å². The summed E-state index contributed by atoms with van der Waals surface area (Å²) in [7, 11) is -1.45. The van der Waals surface area contributed by atoms with E-state index in [0.29, 0.717) is 13.0 Å². The molecule has 0 N–H and O–H groups in total. The molecule has 1 aromatic rings. The van der Waals surface area contributed by atoms with Gasteiger partial charge in [0.2, 0.25) is 11.8 Å². The van der Waals surface area contributed by atoms with Crippen LogP contribution in [0.25, 0.3) is 0 Å². The van der Waals surface area contributed by atoms with Gasteiger partial charge in [-0.15, -0.1) is 0 Å². The van der Waals surface area contributed by atoms with Gasteiger partial charge in [0.15, 0.2) is 9.84 Å². The van der Waals surface area contributed by atoms with Gasteiger partial charge in [-0.2, -0.15) is 0 Å². The van der Waals surface area contributed by atoms with Gasteiger partial charge in [-0.1, -0.05) is 12.1 Å². The zero-order chi connectivity index (χ0) is 18.6. The predicted molar refractivity (Wildman–Crippen MR) is 91.9 cm³/mol. The van der Waals surface area contributed by atoms with Crippen LogP contribution in [0.5, 0.6) is 0 Å². The molecule has 0 bridgehead atoms. The van der Waals surface area contributed by atoms with Gasteiger partial charge in [0.1, 0.15) is 5.82 Å². The van der Waals surface area contributed by atoms with Crippen LogP contribution >= 0.6 is 0 Å². The highest BCUT2D eigenvalue weighted by molar-refractivity contribution is 7.91. The third-order valence-electron chi connectivity index (χ3n) is 4.48. The van der Waals surface area contributed by atoms with Gasteiger partial charge >= 0.3 is 0 Å². The number of carbonyl (C=O) groups is 2. The van der Waals surface area contributed by atoms with Crippen molar-refractivity contribution in [3.05, 3.63) is 35.6 Å². The van der Waals surface area contributed by atoms with E-state index in [2.05, 4.69) is 0 Å². The predicted octanol–water partition coefficient (Wildman–Crippen LogP) is 1.21. The van der Waals surface area contributed by atoms with E-state index in [1.807, 2.05) is 0 Å². The molecule has 0 spiro atoms. The Bertz CT molecular complexity index is 734. The molecule has 2 amide bonds. The second-order valence-corrected chi connectivity index (χ2v) is 8.61. The number of carbonyl (C=O) groups excluding carboxylic acids is 2. The minimum atomic E-state index is -3.05. The lowest BCUT2D eigenvalue weighted by molar-refractivity contribution is -0.134. The molecule has 1 saturated heterocycles. The molecule has 0 aromatic heterocycles. The fourth-order valence-corrected chi connectivity index (χ4v) is 4.62. The molecule has 1 heterocycles. The van der Waals surface area contributed by atoms with Crippen molar-refractivity contribution in [3.8, 4) is 0 Å². The second kappa shape index (κ2) is 7.95. The number of halogens is 1.